The van der Waals surface area contributed by atoms with E-state index < -0.39 is 0 Å². The van der Waals surface area contributed by atoms with E-state index in [0.717, 1.165) is 0 Å². The van der Waals surface area contributed by atoms with Crippen molar-refractivity contribution < 1.29 is 0 Å². The molecule has 0 radical (unpaired) electrons. The lowest BCUT2D eigenvalue weighted by Gasteiger charge is -2.14. The van der Waals surface area contributed by atoms with Gasteiger partial charge in [0.1, 0.15) is 0 Å². The van der Waals surface area contributed by atoms with Crippen molar-refractivity contribution in [1.29, 1.82) is 0 Å². The lowest BCUT2D eigenvalue weighted by atomic mass is 9.98. The average Bonchev–Trinajstić information content (AvgIpc) is 3.08. The Balaban J connectivity index is 2.01. The largest absolute Gasteiger partial charge is 0.368 e. The molecule has 1 saturated heterocycles. The van der Waals surface area contributed by atoms with Crippen molar-refractivity contribution in [1.82, 2.24) is 5.32 Å². The van der Waals surface area contributed by atoms with Gasteiger partial charge < -0.3 is 5.32 Å². The van der Waals surface area contributed by atoms with Crippen LogP contribution in [-0.4, -0.2) is 6.17 Å². The zero-order chi connectivity index (χ0) is 10.5. The topological polar surface area (TPSA) is 34.0 Å². The van der Waals surface area contributed by atoms with Crippen molar-refractivity contribution in [3.63, 3.8) is 0 Å². The molecule has 2 aromatic carbocycles. The van der Waals surface area contributed by atoms with Crippen molar-refractivity contribution in [2.45, 2.75) is 12.2 Å². The van der Waals surface area contributed by atoms with Crippen molar-refractivity contribution in [3.8, 4) is 11.1 Å². The molecule has 16 heavy (non-hydrogen) atoms. The molecule has 2 atom stereocenters. The quantitative estimate of drug-likeness (QED) is 0.653. The second kappa shape index (κ2) is 2.86. The van der Waals surface area contributed by atoms with Crippen molar-refractivity contribution >= 4 is 5.69 Å². The van der Waals surface area contributed by atoms with E-state index in [1.165, 1.54) is 22.4 Å². The van der Waals surface area contributed by atoms with E-state index in [4.69, 9.17) is 0 Å². The van der Waals surface area contributed by atoms with Crippen LogP contribution in [0.4, 0.5) is 5.69 Å². The van der Waals surface area contributed by atoms with E-state index in [-0.39, 0.29) is 0 Å². The molecule has 2 N–H and O–H groups in total. The highest BCUT2D eigenvalue weighted by molar-refractivity contribution is 5.79. The number of hydrogen-bond acceptors (Lipinski definition) is 2. The van der Waals surface area contributed by atoms with Crippen LogP contribution in [0.5, 0.6) is 0 Å². The number of anilines is 1. The zero-order valence-electron chi connectivity index (χ0n) is 8.77. The molecule has 78 valence electrons. The molecule has 0 spiro atoms. The number of para-hydroxylation sites is 1. The van der Waals surface area contributed by atoms with E-state index >= 15 is 0 Å². The molecule has 0 amide bonds. The van der Waals surface area contributed by atoms with Crippen molar-refractivity contribution in [2.75, 3.05) is 5.32 Å². The Labute approximate surface area is 94.3 Å². The Kier molecular flexibility index (Phi) is 1.50. The predicted molar refractivity (Wildman–Crippen MR) is 65.2 cm³/mol. The summed E-state index contributed by atoms with van der Waals surface area (Å²) in [6.07, 6.45) is 0.400. The molecular weight excluding hydrogens is 196 g/mol. The SMILES string of the molecule is c1cc2cc(c1)C1N[C@H]1Nc1ccccc1-2. The molecule has 2 heterocycles. The van der Waals surface area contributed by atoms with Gasteiger partial charge in [-0.2, -0.15) is 0 Å². The number of fused-ring (bicyclic) bond motifs is 6. The smallest absolute Gasteiger partial charge is 0.0975 e. The van der Waals surface area contributed by atoms with E-state index in [2.05, 4.69) is 59.2 Å². The Morgan fingerprint density at radius 3 is 2.88 bits per heavy atom. The van der Waals surface area contributed by atoms with E-state index in [1.54, 1.807) is 0 Å². The molecule has 0 aliphatic carbocycles. The summed E-state index contributed by atoms with van der Waals surface area (Å²) in [4.78, 5) is 0. The number of benzene rings is 2. The monoisotopic (exact) mass is 208 g/mol. The lowest BCUT2D eigenvalue weighted by Crippen LogP contribution is -2.09. The van der Waals surface area contributed by atoms with Gasteiger partial charge in [0, 0.05) is 11.3 Å². The summed E-state index contributed by atoms with van der Waals surface area (Å²) >= 11 is 0. The first-order valence-corrected chi connectivity index (χ1v) is 5.64. The number of rotatable bonds is 0. The second-order valence-corrected chi connectivity index (χ2v) is 4.44. The minimum Gasteiger partial charge on any atom is -0.368 e. The Morgan fingerprint density at radius 1 is 0.938 bits per heavy atom. The molecule has 4 rings (SSSR count). The summed E-state index contributed by atoms with van der Waals surface area (Å²) in [6.45, 7) is 0. The highest BCUT2D eigenvalue weighted by Crippen LogP contribution is 2.39. The maximum atomic E-state index is 3.54. The van der Waals surface area contributed by atoms with Crippen LogP contribution in [0.1, 0.15) is 11.6 Å². The maximum absolute atomic E-state index is 3.54. The molecule has 0 saturated carbocycles. The van der Waals surface area contributed by atoms with Gasteiger partial charge in [0.25, 0.3) is 0 Å². The van der Waals surface area contributed by atoms with Crippen LogP contribution < -0.4 is 10.6 Å². The molecule has 2 bridgehead atoms. The van der Waals surface area contributed by atoms with E-state index in [1.807, 2.05) is 0 Å². The van der Waals surface area contributed by atoms with Crippen LogP contribution in [0.2, 0.25) is 0 Å². The van der Waals surface area contributed by atoms with Gasteiger partial charge >= 0.3 is 0 Å². The first kappa shape index (κ1) is 8.36. The highest BCUT2D eigenvalue weighted by Gasteiger charge is 2.38. The summed E-state index contributed by atoms with van der Waals surface area (Å²) in [5.74, 6) is 0. The Hall–Kier alpha value is -1.80. The zero-order valence-corrected chi connectivity index (χ0v) is 8.77. The molecule has 1 unspecified atom stereocenters. The van der Waals surface area contributed by atoms with Gasteiger partial charge in [-0.15, -0.1) is 0 Å². The van der Waals surface area contributed by atoms with Gasteiger partial charge in [0.05, 0.1) is 12.2 Å². The number of hydrogen-bond donors (Lipinski definition) is 2. The fraction of sp³-hybridized carbons (Fsp3) is 0.143. The third kappa shape index (κ3) is 1.11. The van der Waals surface area contributed by atoms with Crippen LogP contribution in [0, 0.1) is 0 Å². The normalized spacial score (nSPS) is 24.5. The summed E-state index contributed by atoms with van der Waals surface area (Å²) in [5, 5.41) is 6.99. The molecule has 2 heteroatoms. The molecular formula is C14H12N2. The molecule has 1 fully saturated rings. The summed E-state index contributed by atoms with van der Waals surface area (Å²) in [7, 11) is 0. The van der Waals surface area contributed by atoms with Gasteiger partial charge in [-0.25, -0.2) is 0 Å². The standard InChI is InChI=1S/C14H12N2/c1-2-7-12-11(6-1)9-4-3-5-10(8-9)13-14(15-12)16-13/h1-8,13-16H/t13?,14-/m1/s1. The van der Waals surface area contributed by atoms with Gasteiger partial charge in [-0.3, -0.25) is 5.32 Å². The second-order valence-electron chi connectivity index (χ2n) is 4.44. The van der Waals surface area contributed by atoms with E-state index in [9.17, 15) is 0 Å². The number of nitrogens with one attached hydrogen (secondary N) is 2. The molecule has 2 aromatic rings. The summed E-state index contributed by atoms with van der Waals surface area (Å²) in [6, 6.07) is 17.8. The van der Waals surface area contributed by atoms with E-state index in [0.29, 0.717) is 12.2 Å². The van der Waals surface area contributed by atoms with Crippen LogP contribution >= 0.6 is 0 Å². The molecule has 0 aromatic heterocycles. The van der Waals surface area contributed by atoms with Crippen LogP contribution in [0.25, 0.3) is 11.1 Å². The first-order chi connectivity index (χ1) is 7.92. The highest BCUT2D eigenvalue weighted by atomic mass is 15.3. The first-order valence-electron chi connectivity index (χ1n) is 5.64. The third-order valence-electron chi connectivity index (χ3n) is 3.38. The fourth-order valence-corrected chi connectivity index (χ4v) is 2.48. The molecule has 2 nitrogen and oxygen atoms in total. The lowest BCUT2D eigenvalue weighted by molar-refractivity contribution is 1.04. The molecule has 2 aliphatic rings. The van der Waals surface area contributed by atoms with Crippen LogP contribution in [-0.2, 0) is 0 Å². The Morgan fingerprint density at radius 2 is 1.88 bits per heavy atom. The van der Waals surface area contributed by atoms with Crippen molar-refractivity contribution in [3.05, 3.63) is 54.1 Å². The van der Waals surface area contributed by atoms with Crippen LogP contribution in [0.15, 0.2) is 48.5 Å². The third-order valence-corrected chi connectivity index (χ3v) is 3.38. The minimum atomic E-state index is 0.400. The molecule has 2 aliphatic heterocycles. The van der Waals surface area contributed by atoms with Gasteiger partial charge in [0.15, 0.2) is 0 Å². The fourth-order valence-electron chi connectivity index (χ4n) is 2.48. The maximum Gasteiger partial charge on any atom is 0.0975 e. The van der Waals surface area contributed by atoms with Gasteiger partial charge in [-0.05, 0) is 23.3 Å². The van der Waals surface area contributed by atoms with Gasteiger partial charge in [-0.1, -0.05) is 36.4 Å². The summed E-state index contributed by atoms with van der Waals surface area (Å²) < 4.78 is 0. The van der Waals surface area contributed by atoms with Crippen LogP contribution in [0.3, 0.4) is 0 Å². The minimum absolute atomic E-state index is 0.400. The summed E-state index contributed by atoms with van der Waals surface area (Å²) in [5.41, 5.74) is 5.19. The Bertz CT molecular complexity index is 562. The predicted octanol–water partition coefficient (Wildman–Crippen LogP) is 2.75. The van der Waals surface area contributed by atoms with Gasteiger partial charge in [0.2, 0.25) is 0 Å². The van der Waals surface area contributed by atoms with Crippen molar-refractivity contribution in [2.24, 2.45) is 0 Å². The average molecular weight is 208 g/mol.